The van der Waals surface area contributed by atoms with Crippen LogP contribution in [-0.2, 0) is 4.79 Å². The highest BCUT2D eigenvalue weighted by Crippen LogP contribution is 2.15. The molecule has 5 nitrogen and oxygen atoms in total. The lowest BCUT2D eigenvalue weighted by atomic mass is 9.99. The van der Waals surface area contributed by atoms with Gasteiger partial charge in [0.25, 0.3) is 0 Å². The first-order chi connectivity index (χ1) is 15.6. The highest BCUT2D eigenvalue weighted by molar-refractivity contribution is 5.76. The Morgan fingerprint density at radius 2 is 1.06 bits per heavy atom. The lowest BCUT2D eigenvalue weighted by molar-refractivity contribution is -0.124. The van der Waals surface area contributed by atoms with Gasteiger partial charge in [0, 0.05) is 6.42 Å². The van der Waals surface area contributed by atoms with Gasteiger partial charge in [0.1, 0.15) is 6.10 Å². The van der Waals surface area contributed by atoms with E-state index in [0.717, 1.165) is 38.5 Å². The number of hydrogen-bond acceptors (Lipinski definition) is 4. The van der Waals surface area contributed by atoms with Crippen molar-refractivity contribution in [3.05, 3.63) is 0 Å². The van der Waals surface area contributed by atoms with Crippen molar-refractivity contribution in [3.63, 3.8) is 0 Å². The summed E-state index contributed by atoms with van der Waals surface area (Å²) in [4.78, 5) is 12.1. The molecule has 0 radical (unpaired) electrons. The van der Waals surface area contributed by atoms with Crippen LogP contribution < -0.4 is 5.32 Å². The summed E-state index contributed by atoms with van der Waals surface area (Å²) in [5.41, 5.74) is 0. The van der Waals surface area contributed by atoms with Crippen molar-refractivity contribution in [2.75, 3.05) is 6.61 Å². The molecule has 192 valence electrons. The van der Waals surface area contributed by atoms with Crippen LogP contribution in [0.2, 0.25) is 0 Å². The van der Waals surface area contributed by atoms with E-state index in [0.29, 0.717) is 12.8 Å². The molecule has 0 bridgehead atoms. The molecule has 0 aromatic carbocycles. The van der Waals surface area contributed by atoms with Crippen molar-refractivity contribution in [1.82, 2.24) is 5.32 Å². The molecular weight excluding hydrogens is 402 g/mol. The van der Waals surface area contributed by atoms with E-state index >= 15 is 0 Å². The number of hydrogen-bond donors (Lipinski definition) is 4. The SMILES string of the molecule is CCCCCCCCCCCCCC[C@H](O)[C@H](O)[C@H](CO)NC(=O)CCCCCCCC. The molecule has 0 heterocycles. The smallest absolute Gasteiger partial charge is 0.220 e. The van der Waals surface area contributed by atoms with Gasteiger partial charge >= 0.3 is 0 Å². The predicted molar refractivity (Wildman–Crippen MR) is 135 cm³/mol. The Morgan fingerprint density at radius 3 is 1.50 bits per heavy atom. The minimum atomic E-state index is -1.12. The number of aliphatic hydroxyl groups excluding tert-OH is 3. The van der Waals surface area contributed by atoms with Gasteiger partial charge in [-0.1, -0.05) is 123 Å². The molecule has 0 aromatic rings. The van der Waals surface area contributed by atoms with Gasteiger partial charge in [-0.25, -0.2) is 0 Å². The molecule has 5 heteroatoms. The lowest BCUT2D eigenvalue weighted by Crippen LogP contribution is -2.50. The summed E-state index contributed by atoms with van der Waals surface area (Å²) in [6.07, 6.45) is 20.6. The van der Waals surface area contributed by atoms with Crippen LogP contribution in [0.1, 0.15) is 142 Å². The number of aliphatic hydroxyl groups is 3. The molecular formula is C27H55NO4. The Labute approximate surface area is 198 Å². The first-order valence-electron chi connectivity index (χ1n) is 13.8. The fraction of sp³-hybridized carbons (Fsp3) is 0.963. The molecule has 4 N–H and O–H groups in total. The van der Waals surface area contributed by atoms with Crippen LogP contribution in [0.4, 0.5) is 0 Å². The van der Waals surface area contributed by atoms with Crippen molar-refractivity contribution >= 4 is 5.91 Å². The fourth-order valence-corrected chi connectivity index (χ4v) is 4.22. The highest BCUT2D eigenvalue weighted by Gasteiger charge is 2.26. The van der Waals surface area contributed by atoms with Gasteiger partial charge in [0.15, 0.2) is 0 Å². The molecule has 0 aliphatic rings. The van der Waals surface area contributed by atoms with E-state index in [-0.39, 0.29) is 12.5 Å². The third-order valence-corrected chi connectivity index (χ3v) is 6.46. The van der Waals surface area contributed by atoms with E-state index in [1.54, 1.807) is 0 Å². The molecule has 0 fully saturated rings. The third kappa shape index (κ3) is 18.9. The Balaban J connectivity index is 3.76. The van der Waals surface area contributed by atoms with Crippen LogP contribution in [0.5, 0.6) is 0 Å². The number of nitrogens with one attached hydrogen (secondary N) is 1. The van der Waals surface area contributed by atoms with Gasteiger partial charge in [0.2, 0.25) is 5.91 Å². The van der Waals surface area contributed by atoms with Gasteiger partial charge in [0.05, 0.1) is 18.8 Å². The summed E-state index contributed by atoms with van der Waals surface area (Å²) in [6, 6.07) is -0.796. The van der Waals surface area contributed by atoms with Gasteiger partial charge in [-0.05, 0) is 12.8 Å². The molecule has 0 saturated carbocycles. The summed E-state index contributed by atoms with van der Waals surface area (Å²) >= 11 is 0. The van der Waals surface area contributed by atoms with Crippen LogP contribution in [0.25, 0.3) is 0 Å². The average Bonchev–Trinajstić information content (AvgIpc) is 2.79. The number of amides is 1. The Bertz CT molecular complexity index is 405. The van der Waals surface area contributed by atoms with Crippen molar-refractivity contribution < 1.29 is 20.1 Å². The maximum absolute atomic E-state index is 12.1. The number of carbonyl (C=O) groups is 1. The van der Waals surface area contributed by atoms with E-state index < -0.39 is 18.2 Å². The van der Waals surface area contributed by atoms with Crippen LogP contribution in [-0.4, -0.2) is 46.1 Å². The summed E-state index contributed by atoms with van der Waals surface area (Å²) in [6.45, 7) is 4.07. The fourth-order valence-electron chi connectivity index (χ4n) is 4.22. The quantitative estimate of drug-likeness (QED) is 0.133. The molecule has 0 saturated heterocycles. The van der Waals surface area contributed by atoms with Crippen molar-refractivity contribution in [2.24, 2.45) is 0 Å². The molecule has 32 heavy (non-hydrogen) atoms. The van der Waals surface area contributed by atoms with Gasteiger partial charge in [-0.3, -0.25) is 4.79 Å². The van der Waals surface area contributed by atoms with E-state index in [9.17, 15) is 20.1 Å². The number of rotatable bonds is 24. The van der Waals surface area contributed by atoms with Crippen LogP contribution in [0.15, 0.2) is 0 Å². The van der Waals surface area contributed by atoms with Crippen molar-refractivity contribution in [3.8, 4) is 0 Å². The van der Waals surface area contributed by atoms with Crippen molar-refractivity contribution in [2.45, 2.75) is 161 Å². The Hall–Kier alpha value is -0.650. The minimum absolute atomic E-state index is 0.156. The number of carbonyl (C=O) groups excluding carboxylic acids is 1. The monoisotopic (exact) mass is 457 g/mol. The minimum Gasteiger partial charge on any atom is -0.394 e. The Morgan fingerprint density at radius 1 is 0.656 bits per heavy atom. The molecule has 3 atom stereocenters. The highest BCUT2D eigenvalue weighted by atomic mass is 16.3. The molecule has 0 unspecified atom stereocenters. The molecule has 0 aliphatic heterocycles. The molecule has 0 spiro atoms. The van der Waals surface area contributed by atoms with Gasteiger partial charge in [-0.2, -0.15) is 0 Å². The zero-order chi connectivity index (χ0) is 23.9. The average molecular weight is 458 g/mol. The lowest BCUT2D eigenvalue weighted by Gasteiger charge is -2.26. The normalized spacial score (nSPS) is 14.3. The zero-order valence-corrected chi connectivity index (χ0v) is 21.3. The summed E-state index contributed by atoms with van der Waals surface area (Å²) in [5.74, 6) is -0.156. The second-order valence-corrected chi connectivity index (χ2v) is 9.61. The van der Waals surface area contributed by atoms with E-state index in [2.05, 4.69) is 19.2 Å². The second-order valence-electron chi connectivity index (χ2n) is 9.61. The topological polar surface area (TPSA) is 89.8 Å². The van der Waals surface area contributed by atoms with Gasteiger partial charge in [-0.15, -0.1) is 0 Å². The maximum atomic E-state index is 12.1. The third-order valence-electron chi connectivity index (χ3n) is 6.46. The standard InChI is InChI=1S/C27H55NO4/c1-3-5-7-9-11-12-13-14-15-16-17-19-21-25(30)27(32)24(23-29)28-26(31)22-20-18-10-8-6-4-2/h24-25,27,29-30,32H,3-23H2,1-2H3,(H,28,31)/t24-,25-,27+/m0/s1. The zero-order valence-electron chi connectivity index (χ0n) is 21.3. The van der Waals surface area contributed by atoms with Crippen LogP contribution in [0.3, 0.4) is 0 Å². The van der Waals surface area contributed by atoms with Crippen LogP contribution >= 0.6 is 0 Å². The van der Waals surface area contributed by atoms with Gasteiger partial charge < -0.3 is 20.6 Å². The number of unbranched alkanes of at least 4 members (excludes halogenated alkanes) is 16. The molecule has 0 rings (SSSR count). The first kappa shape index (κ1) is 31.4. The maximum Gasteiger partial charge on any atom is 0.220 e. The largest absolute Gasteiger partial charge is 0.394 e. The molecule has 0 aliphatic carbocycles. The molecule has 0 aromatic heterocycles. The summed E-state index contributed by atoms with van der Waals surface area (Å²) in [5, 5.41) is 32.9. The molecule has 1 amide bonds. The van der Waals surface area contributed by atoms with Crippen molar-refractivity contribution in [1.29, 1.82) is 0 Å². The van der Waals surface area contributed by atoms with Crippen LogP contribution in [0, 0.1) is 0 Å². The Kier molecular flexibility index (Phi) is 23.0. The van der Waals surface area contributed by atoms with E-state index in [1.165, 1.54) is 77.0 Å². The predicted octanol–water partition coefficient (Wildman–Crippen LogP) is 6.03. The first-order valence-corrected chi connectivity index (χ1v) is 13.8. The second kappa shape index (κ2) is 23.5. The summed E-state index contributed by atoms with van der Waals surface area (Å²) in [7, 11) is 0. The van der Waals surface area contributed by atoms with E-state index in [1.807, 2.05) is 0 Å². The summed E-state index contributed by atoms with van der Waals surface area (Å²) < 4.78 is 0. The van der Waals surface area contributed by atoms with E-state index in [4.69, 9.17) is 0 Å².